The average Bonchev–Trinajstić information content (AvgIpc) is 2.37. The van der Waals surface area contributed by atoms with E-state index in [2.05, 4.69) is 26.1 Å². The van der Waals surface area contributed by atoms with Gasteiger partial charge >= 0.3 is 0 Å². The lowest BCUT2D eigenvalue weighted by molar-refractivity contribution is 0.420. The van der Waals surface area contributed by atoms with Gasteiger partial charge in [-0.2, -0.15) is 0 Å². The number of nitrogen functional groups attached to an aromatic ring is 1. The minimum atomic E-state index is -3.71. The van der Waals surface area contributed by atoms with E-state index in [1.807, 2.05) is 0 Å². The molecule has 0 saturated heterocycles. The molecule has 0 aliphatic heterocycles. The van der Waals surface area contributed by atoms with E-state index < -0.39 is 10.0 Å². The Morgan fingerprint density at radius 2 is 1.68 bits per heavy atom. The number of hydrogen-bond acceptors (Lipinski definition) is 4. The van der Waals surface area contributed by atoms with Crippen LogP contribution in [0.15, 0.2) is 23.1 Å². The zero-order valence-electron chi connectivity index (χ0n) is 11.7. The maximum Gasteiger partial charge on any atom is 0.238 e. The Bertz CT molecular complexity index is 529. The van der Waals surface area contributed by atoms with Gasteiger partial charge in [0.25, 0.3) is 0 Å². The summed E-state index contributed by atoms with van der Waals surface area (Å²) < 4.78 is 22.8. The van der Waals surface area contributed by atoms with Crippen molar-refractivity contribution in [2.75, 3.05) is 11.1 Å². The molecule has 0 atom stereocenters. The third-order valence-electron chi connectivity index (χ3n) is 3.78. The molecule has 0 saturated carbocycles. The predicted molar refractivity (Wildman–Crippen MR) is 79.5 cm³/mol. The molecule has 5 nitrogen and oxygen atoms in total. The standard InChI is InChI=1S/C13H23N3O2S/c1-4-13(5-2,6-3)16-12-9-10(19(15,17)18)7-8-11(12)14/h7-9,16H,4-6,14H2,1-3H3,(H2,15,17,18). The Morgan fingerprint density at radius 3 is 2.11 bits per heavy atom. The molecule has 0 aromatic heterocycles. The van der Waals surface area contributed by atoms with Crippen LogP contribution in [0.5, 0.6) is 0 Å². The molecule has 1 rings (SSSR count). The predicted octanol–water partition coefficient (Wildman–Crippen LogP) is 2.30. The topological polar surface area (TPSA) is 98.2 Å². The smallest absolute Gasteiger partial charge is 0.238 e. The first kappa shape index (κ1) is 15.8. The highest BCUT2D eigenvalue weighted by atomic mass is 32.2. The molecule has 0 amide bonds. The first-order chi connectivity index (χ1) is 8.78. The van der Waals surface area contributed by atoms with Crippen LogP contribution in [0.25, 0.3) is 0 Å². The monoisotopic (exact) mass is 285 g/mol. The molecule has 0 bridgehead atoms. The van der Waals surface area contributed by atoms with Crippen molar-refractivity contribution in [3.8, 4) is 0 Å². The van der Waals surface area contributed by atoms with Crippen molar-refractivity contribution in [2.24, 2.45) is 5.14 Å². The molecule has 0 aliphatic carbocycles. The fraction of sp³-hybridized carbons (Fsp3) is 0.538. The summed E-state index contributed by atoms with van der Waals surface area (Å²) >= 11 is 0. The SMILES string of the molecule is CCC(CC)(CC)Nc1cc(S(N)(=O)=O)ccc1N. The summed E-state index contributed by atoms with van der Waals surface area (Å²) in [4.78, 5) is 0.0707. The molecule has 1 aromatic rings. The lowest BCUT2D eigenvalue weighted by atomic mass is 9.89. The van der Waals surface area contributed by atoms with E-state index in [-0.39, 0.29) is 10.4 Å². The van der Waals surface area contributed by atoms with Crippen LogP contribution in [0.2, 0.25) is 0 Å². The Hall–Kier alpha value is -1.27. The lowest BCUT2D eigenvalue weighted by Crippen LogP contribution is -2.36. The van der Waals surface area contributed by atoms with Crippen molar-refractivity contribution in [1.29, 1.82) is 0 Å². The van der Waals surface area contributed by atoms with Crippen LogP contribution in [0.3, 0.4) is 0 Å². The maximum atomic E-state index is 11.4. The Balaban J connectivity index is 3.20. The molecule has 19 heavy (non-hydrogen) atoms. The van der Waals surface area contributed by atoms with Crippen LogP contribution in [0, 0.1) is 0 Å². The highest BCUT2D eigenvalue weighted by Gasteiger charge is 2.24. The first-order valence-electron chi connectivity index (χ1n) is 6.48. The van der Waals surface area contributed by atoms with Crippen LogP contribution >= 0.6 is 0 Å². The summed E-state index contributed by atoms with van der Waals surface area (Å²) in [6.07, 6.45) is 2.79. The van der Waals surface area contributed by atoms with Crippen molar-refractivity contribution in [3.05, 3.63) is 18.2 Å². The normalized spacial score (nSPS) is 12.4. The molecule has 108 valence electrons. The van der Waals surface area contributed by atoms with E-state index in [9.17, 15) is 8.42 Å². The summed E-state index contributed by atoms with van der Waals surface area (Å²) in [5.41, 5.74) is 6.97. The van der Waals surface area contributed by atoms with Gasteiger partial charge in [0.2, 0.25) is 10.0 Å². The zero-order valence-corrected chi connectivity index (χ0v) is 12.5. The van der Waals surface area contributed by atoms with Crippen LogP contribution in [-0.2, 0) is 10.0 Å². The maximum absolute atomic E-state index is 11.4. The van der Waals surface area contributed by atoms with Gasteiger partial charge in [-0.25, -0.2) is 13.6 Å². The second kappa shape index (κ2) is 5.79. The van der Waals surface area contributed by atoms with Gasteiger partial charge in [-0.15, -0.1) is 0 Å². The number of rotatable bonds is 6. The van der Waals surface area contributed by atoms with E-state index in [0.717, 1.165) is 19.3 Å². The fourth-order valence-corrected chi connectivity index (χ4v) is 2.66. The summed E-state index contributed by atoms with van der Waals surface area (Å²) in [7, 11) is -3.71. The van der Waals surface area contributed by atoms with Gasteiger partial charge in [0, 0.05) is 5.54 Å². The number of nitrogens with two attached hydrogens (primary N) is 2. The molecule has 0 heterocycles. The second-order valence-electron chi connectivity index (χ2n) is 4.76. The van der Waals surface area contributed by atoms with Crippen molar-refractivity contribution < 1.29 is 8.42 Å². The summed E-state index contributed by atoms with van der Waals surface area (Å²) in [5, 5.41) is 8.52. The van der Waals surface area contributed by atoms with E-state index in [4.69, 9.17) is 10.9 Å². The van der Waals surface area contributed by atoms with Gasteiger partial charge in [0.15, 0.2) is 0 Å². The van der Waals surface area contributed by atoms with Crippen LogP contribution in [0.1, 0.15) is 40.0 Å². The highest BCUT2D eigenvalue weighted by molar-refractivity contribution is 7.89. The molecule has 5 N–H and O–H groups in total. The number of hydrogen-bond donors (Lipinski definition) is 3. The van der Waals surface area contributed by atoms with Gasteiger partial charge in [-0.3, -0.25) is 0 Å². The number of anilines is 2. The molecular formula is C13H23N3O2S. The molecule has 6 heteroatoms. The van der Waals surface area contributed by atoms with E-state index in [1.54, 1.807) is 6.07 Å². The summed E-state index contributed by atoms with van der Waals surface area (Å²) in [6.45, 7) is 6.29. The zero-order chi connectivity index (χ0) is 14.7. The molecule has 0 aliphatic rings. The number of sulfonamides is 1. The minimum absolute atomic E-state index is 0.0707. The number of benzene rings is 1. The third kappa shape index (κ3) is 3.61. The van der Waals surface area contributed by atoms with Crippen LogP contribution in [-0.4, -0.2) is 14.0 Å². The van der Waals surface area contributed by atoms with Crippen LogP contribution < -0.4 is 16.2 Å². The van der Waals surface area contributed by atoms with Gasteiger partial charge < -0.3 is 11.1 Å². The highest BCUT2D eigenvalue weighted by Crippen LogP contribution is 2.30. The van der Waals surface area contributed by atoms with Gasteiger partial charge in [-0.1, -0.05) is 20.8 Å². The summed E-state index contributed by atoms with van der Waals surface area (Å²) in [5.74, 6) is 0. The van der Waals surface area contributed by atoms with Gasteiger partial charge in [-0.05, 0) is 37.5 Å². The number of nitrogens with one attached hydrogen (secondary N) is 1. The molecule has 1 aromatic carbocycles. The van der Waals surface area contributed by atoms with Crippen molar-refractivity contribution in [3.63, 3.8) is 0 Å². The first-order valence-corrected chi connectivity index (χ1v) is 8.03. The Kier molecular flexibility index (Phi) is 4.81. The third-order valence-corrected chi connectivity index (χ3v) is 4.69. The largest absolute Gasteiger partial charge is 0.397 e. The van der Waals surface area contributed by atoms with E-state index >= 15 is 0 Å². The fourth-order valence-electron chi connectivity index (χ4n) is 2.12. The van der Waals surface area contributed by atoms with E-state index in [0.29, 0.717) is 11.4 Å². The van der Waals surface area contributed by atoms with Crippen molar-refractivity contribution in [2.45, 2.75) is 50.5 Å². The number of primary sulfonamides is 1. The van der Waals surface area contributed by atoms with Crippen molar-refractivity contribution in [1.82, 2.24) is 0 Å². The second-order valence-corrected chi connectivity index (χ2v) is 6.32. The molecule has 0 radical (unpaired) electrons. The minimum Gasteiger partial charge on any atom is -0.397 e. The average molecular weight is 285 g/mol. The molecule has 0 spiro atoms. The molecule has 0 unspecified atom stereocenters. The van der Waals surface area contributed by atoms with Gasteiger partial charge in [0.05, 0.1) is 16.3 Å². The molecular weight excluding hydrogens is 262 g/mol. The van der Waals surface area contributed by atoms with Crippen molar-refractivity contribution >= 4 is 21.4 Å². The quantitative estimate of drug-likeness (QED) is 0.698. The Labute approximate surface area is 115 Å². The Morgan fingerprint density at radius 1 is 1.16 bits per heavy atom. The lowest BCUT2D eigenvalue weighted by Gasteiger charge is -2.33. The van der Waals surface area contributed by atoms with Gasteiger partial charge in [0.1, 0.15) is 0 Å². The molecule has 0 fully saturated rings. The van der Waals surface area contributed by atoms with E-state index in [1.165, 1.54) is 12.1 Å². The van der Waals surface area contributed by atoms with Crippen LogP contribution in [0.4, 0.5) is 11.4 Å². The summed E-state index contributed by atoms with van der Waals surface area (Å²) in [6, 6.07) is 4.48.